The van der Waals surface area contributed by atoms with Crippen molar-refractivity contribution < 1.29 is 13.2 Å². The molecule has 1 heterocycles. The lowest BCUT2D eigenvalue weighted by Gasteiger charge is -2.32. The average Bonchev–Trinajstić information content (AvgIpc) is 2.34. The summed E-state index contributed by atoms with van der Waals surface area (Å²) in [5, 5.41) is 0.199. The van der Waals surface area contributed by atoms with Crippen molar-refractivity contribution in [2.24, 2.45) is 0 Å². The molecule has 1 saturated heterocycles. The van der Waals surface area contributed by atoms with E-state index in [1.54, 1.807) is 13.0 Å². The predicted molar refractivity (Wildman–Crippen MR) is 74.8 cm³/mol. The van der Waals surface area contributed by atoms with Crippen molar-refractivity contribution in [3.63, 3.8) is 0 Å². The fraction of sp³-hybridized carbons (Fsp3) is 0.500. The van der Waals surface area contributed by atoms with Crippen molar-refractivity contribution in [1.29, 1.82) is 0 Å². The molecule has 0 aromatic heterocycles. The number of benzene rings is 1. The van der Waals surface area contributed by atoms with E-state index in [9.17, 15) is 8.42 Å². The summed E-state index contributed by atoms with van der Waals surface area (Å²) < 4.78 is 31.9. The van der Waals surface area contributed by atoms with E-state index in [-0.39, 0.29) is 16.0 Å². The molecule has 106 valence electrons. The summed E-state index contributed by atoms with van der Waals surface area (Å²) in [6.07, 6.45) is 0. The minimum Gasteiger partial charge on any atom is -0.398 e. The van der Waals surface area contributed by atoms with Crippen molar-refractivity contribution in [3.05, 3.63) is 22.7 Å². The number of nitrogens with two attached hydrogens (primary N) is 1. The Kier molecular flexibility index (Phi) is 4.06. The van der Waals surface area contributed by atoms with Crippen LogP contribution in [0, 0.1) is 6.92 Å². The van der Waals surface area contributed by atoms with Gasteiger partial charge in [-0.25, -0.2) is 8.42 Å². The van der Waals surface area contributed by atoms with E-state index in [0.717, 1.165) is 5.56 Å². The van der Waals surface area contributed by atoms with E-state index in [1.165, 1.54) is 10.4 Å². The van der Waals surface area contributed by atoms with Crippen LogP contribution >= 0.6 is 11.6 Å². The first-order valence-electron chi connectivity index (χ1n) is 5.99. The van der Waals surface area contributed by atoms with Gasteiger partial charge in [-0.05, 0) is 31.5 Å². The van der Waals surface area contributed by atoms with Gasteiger partial charge in [0.1, 0.15) is 4.90 Å². The van der Waals surface area contributed by atoms with Gasteiger partial charge in [0.25, 0.3) is 0 Å². The molecule has 1 aliphatic heterocycles. The summed E-state index contributed by atoms with van der Waals surface area (Å²) >= 11 is 6.06. The van der Waals surface area contributed by atoms with E-state index in [0.29, 0.717) is 25.4 Å². The lowest BCUT2D eigenvalue weighted by atomic mass is 10.2. The molecular formula is C12H17ClN2O3S. The predicted octanol–water partition coefficient (Wildman–Crippen LogP) is 1.64. The highest BCUT2D eigenvalue weighted by atomic mass is 35.5. The molecule has 0 saturated carbocycles. The fourth-order valence-electron chi connectivity index (χ4n) is 2.06. The number of morpholine rings is 1. The summed E-state index contributed by atoms with van der Waals surface area (Å²) in [7, 11) is -3.64. The zero-order valence-corrected chi connectivity index (χ0v) is 12.5. The highest BCUT2D eigenvalue weighted by Crippen LogP contribution is 2.30. The smallest absolute Gasteiger partial charge is 0.245 e. The van der Waals surface area contributed by atoms with Crippen LogP contribution in [0.2, 0.25) is 5.02 Å². The quantitative estimate of drug-likeness (QED) is 0.843. The van der Waals surface area contributed by atoms with Crippen LogP contribution in [-0.4, -0.2) is 38.5 Å². The van der Waals surface area contributed by atoms with Crippen molar-refractivity contribution in [2.75, 3.05) is 25.5 Å². The molecule has 0 aliphatic carbocycles. The van der Waals surface area contributed by atoms with Gasteiger partial charge in [0.05, 0.1) is 18.2 Å². The molecule has 2 N–H and O–H groups in total. The van der Waals surface area contributed by atoms with Crippen LogP contribution in [0.4, 0.5) is 5.69 Å². The lowest BCUT2D eigenvalue weighted by molar-refractivity contribution is 0.0393. The molecule has 1 fully saturated rings. The third kappa shape index (κ3) is 2.72. The summed E-state index contributed by atoms with van der Waals surface area (Å²) in [6, 6.07) is 2.79. The van der Waals surface area contributed by atoms with Crippen LogP contribution in [0.5, 0.6) is 0 Å². The Hall–Kier alpha value is -0.820. The monoisotopic (exact) mass is 304 g/mol. The first-order chi connectivity index (χ1) is 8.84. The highest BCUT2D eigenvalue weighted by Gasteiger charge is 2.33. The number of ether oxygens (including phenoxy) is 1. The first-order valence-corrected chi connectivity index (χ1v) is 7.81. The maximum absolute atomic E-state index is 12.6. The standard InChI is InChI=1S/C12H17ClN2O3S/c1-8-5-10(13)12(6-11(8)14)19(16,17)15-3-4-18-7-9(15)2/h5-6,9H,3-4,7,14H2,1-2H3. The zero-order chi connectivity index (χ0) is 14.2. The van der Waals surface area contributed by atoms with E-state index in [2.05, 4.69) is 0 Å². The van der Waals surface area contributed by atoms with Gasteiger partial charge in [-0.1, -0.05) is 11.6 Å². The van der Waals surface area contributed by atoms with E-state index in [4.69, 9.17) is 22.1 Å². The Morgan fingerprint density at radius 2 is 2.16 bits per heavy atom. The maximum Gasteiger partial charge on any atom is 0.245 e. The summed E-state index contributed by atoms with van der Waals surface area (Å²) in [5.74, 6) is 0. The number of hydrogen-bond acceptors (Lipinski definition) is 4. The molecule has 2 rings (SSSR count). The number of sulfonamides is 1. The van der Waals surface area contributed by atoms with Crippen LogP contribution < -0.4 is 5.73 Å². The summed E-state index contributed by atoms with van der Waals surface area (Å²) in [5.41, 5.74) is 6.97. The number of hydrogen-bond donors (Lipinski definition) is 1. The van der Waals surface area contributed by atoms with E-state index >= 15 is 0 Å². The van der Waals surface area contributed by atoms with Gasteiger partial charge in [-0.2, -0.15) is 4.31 Å². The second-order valence-electron chi connectivity index (χ2n) is 4.68. The molecule has 1 aromatic carbocycles. The Morgan fingerprint density at radius 1 is 1.47 bits per heavy atom. The van der Waals surface area contributed by atoms with E-state index in [1.807, 2.05) is 6.92 Å². The van der Waals surface area contributed by atoms with Gasteiger partial charge in [-0.3, -0.25) is 0 Å². The molecule has 0 radical (unpaired) electrons. The van der Waals surface area contributed by atoms with Crippen molar-refractivity contribution in [3.8, 4) is 0 Å². The van der Waals surface area contributed by atoms with Crippen molar-refractivity contribution in [2.45, 2.75) is 24.8 Å². The molecule has 5 nitrogen and oxygen atoms in total. The molecule has 1 unspecified atom stereocenters. The Balaban J connectivity index is 2.47. The molecule has 0 amide bonds. The summed E-state index contributed by atoms with van der Waals surface area (Å²) in [6.45, 7) is 4.70. The molecule has 7 heteroatoms. The van der Waals surface area contributed by atoms with E-state index < -0.39 is 10.0 Å². The van der Waals surface area contributed by atoms with Crippen LogP contribution in [0.3, 0.4) is 0 Å². The van der Waals surface area contributed by atoms with Crippen molar-refractivity contribution in [1.82, 2.24) is 4.31 Å². The Bertz CT molecular complexity index is 589. The second-order valence-corrected chi connectivity index (χ2v) is 6.95. The molecule has 0 spiro atoms. The van der Waals surface area contributed by atoms with Crippen LogP contribution in [0.1, 0.15) is 12.5 Å². The lowest BCUT2D eigenvalue weighted by Crippen LogP contribution is -2.47. The third-order valence-electron chi connectivity index (χ3n) is 3.21. The van der Waals surface area contributed by atoms with Gasteiger partial charge >= 0.3 is 0 Å². The van der Waals surface area contributed by atoms with Gasteiger partial charge < -0.3 is 10.5 Å². The normalized spacial score (nSPS) is 21.5. The van der Waals surface area contributed by atoms with Gasteiger partial charge in [0, 0.05) is 18.3 Å². The minimum atomic E-state index is -3.64. The van der Waals surface area contributed by atoms with Crippen LogP contribution in [0.25, 0.3) is 0 Å². The largest absolute Gasteiger partial charge is 0.398 e. The van der Waals surface area contributed by atoms with Gasteiger partial charge in [0.15, 0.2) is 0 Å². The maximum atomic E-state index is 12.6. The van der Waals surface area contributed by atoms with Gasteiger partial charge in [0.2, 0.25) is 10.0 Å². The number of rotatable bonds is 2. The number of anilines is 1. The molecule has 19 heavy (non-hydrogen) atoms. The molecule has 0 bridgehead atoms. The second kappa shape index (κ2) is 5.28. The number of nitrogen functional groups attached to an aromatic ring is 1. The third-order valence-corrected chi connectivity index (χ3v) is 5.69. The number of aryl methyl sites for hydroxylation is 1. The van der Waals surface area contributed by atoms with Crippen molar-refractivity contribution >= 4 is 27.3 Å². The Morgan fingerprint density at radius 3 is 2.79 bits per heavy atom. The topological polar surface area (TPSA) is 72.6 Å². The molecule has 1 aromatic rings. The van der Waals surface area contributed by atoms with Crippen LogP contribution in [-0.2, 0) is 14.8 Å². The Labute approximate surface area is 118 Å². The van der Waals surface area contributed by atoms with Gasteiger partial charge in [-0.15, -0.1) is 0 Å². The molecule has 1 atom stereocenters. The zero-order valence-electron chi connectivity index (χ0n) is 10.9. The highest BCUT2D eigenvalue weighted by molar-refractivity contribution is 7.89. The van der Waals surface area contributed by atoms with Crippen LogP contribution in [0.15, 0.2) is 17.0 Å². The summed E-state index contributed by atoms with van der Waals surface area (Å²) in [4.78, 5) is 0.0611. The average molecular weight is 305 g/mol. The fourth-order valence-corrected chi connectivity index (χ4v) is 4.26. The molecular weight excluding hydrogens is 288 g/mol. The minimum absolute atomic E-state index is 0.0611. The first kappa shape index (κ1) is 14.6. The number of nitrogens with zero attached hydrogens (tertiary/aromatic N) is 1. The number of halogens is 1. The SMILES string of the molecule is Cc1cc(Cl)c(S(=O)(=O)N2CCOCC2C)cc1N. The molecule has 1 aliphatic rings.